The van der Waals surface area contributed by atoms with Crippen LogP contribution in [0.2, 0.25) is 0 Å². The zero-order valence-electron chi connectivity index (χ0n) is 7.97. The van der Waals surface area contributed by atoms with Crippen molar-refractivity contribution in [3.8, 4) is 12.3 Å². The molecular formula is C11H19N. The average Bonchev–Trinajstić information content (AvgIpc) is 1.97. The molecule has 0 aliphatic heterocycles. The Hall–Kier alpha value is -0.480. The molecule has 1 aliphatic rings. The first kappa shape index (κ1) is 9.61. The molecule has 0 saturated heterocycles. The van der Waals surface area contributed by atoms with Crippen molar-refractivity contribution in [1.29, 1.82) is 0 Å². The highest BCUT2D eigenvalue weighted by atomic mass is 14.9. The van der Waals surface area contributed by atoms with Gasteiger partial charge in [-0.15, -0.1) is 12.3 Å². The SMILES string of the molecule is C#CCC(CC1CCC1)NCC. The minimum atomic E-state index is 0.574. The molecule has 1 heteroatoms. The molecule has 0 spiro atoms. The molecule has 1 unspecified atom stereocenters. The van der Waals surface area contributed by atoms with Gasteiger partial charge < -0.3 is 5.32 Å². The molecule has 1 fully saturated rings. The zero-order valence-corrected chi connectivity index (χ0v) is 7.97. The Morgan fingerprint density at radius 2 is 2.33 bits per heavy atom. The molecule has 1 aliphatic carbocycles. The van der Waals surface area contributed by atoms with Crippen LogP contribution in [0.1, 0.15) is 39.0 Å². The first-order valence-electron chi connectivity index (χ1n) is 5.03. The summed E-state index contributed by atoms with van der Waals surface area (Å²) in [5, 5.41) is 3.44. The van der Waals surface area contributed by atoms with Crippen LogP contribution in [-0.2, 0) is 0 Å². The largest absolute Gasteiger partial charge is 0.313 e. The maximum atomic E-state index is 5.30. The summed E-state index contributed by atoms with van der Waals surface area (Å²) in [4.78, 5) is 0. The predicted molar refractivity (Wildman–Crippen MR) is 52.9 cm³/mol. The highest BCUT2D eigenvalue weighted by Crippen LogP contribution is 2.30. The van der Waals surface area contributed by atoms with Crippen LogP contribution in [0.5, 0.6) is 0 Å². The Morgan fingerprint density at radius 3 is 2.75 bits per heavy atom. The van der Waals surface area contributed by atoms with E-state index in [0.29, 0.717) is 6.04 Å². The second-order valence-corrected chi connectivity index (χ2v) is 3.70. The van der Waals surface area contributed by atoms with E-state index in [0.717, 1.165) is 18.9 Å². The van der Waals surface area contributed by atoms with Gasteiger partial charge in [0.25, 0.3) is 0 Å². The van der Waals surface area contributed by atoms with E-state index in [1.54, 1.807) is 0 Å². The second kappa shape index (κ2) is 5.22. The second-order valence-electron chi connectivity index (χ2n) is 3.70. The van der Waals surface area contributed by atoms with Crippen molar-refractivity contribution < 1.29 is 0 Å². The molecule has 0 aromatic heterocycles. The third-order valence-corrected chi connectivity index (χ3v) is 2.70. The number of rotatable bonds is 5. The number of nitrogens with one attached hydrogen (secondary N) is 1. The van der Waals surface area contributed by atoms with Crippen LogP contribution in [0, 0.1) is 18.3 Å². The van der Waals surface area contributed by atoms with Crippen molar-refractivity contribution in [2.24, 2.45) is 5.92 Å². The summed E-state index contributed by atoms with van der Waals surface area (Å²) in [6.07, 6.45) is 11.8. The van der Waals surface area contributed by atoms with Gasteiger partial charge in [0.15, 0.2) is 0 Å². The fraction of sp³-hybridized carbons (Fsp3) is 0.818. The summed E-state index contributed by atoms with van der Waals surface area (Å²) in [5.74, 6) is 3.70. The summed E-state index contributed by atoms with van der Waals surface area (Å²) < 4.78 is 0. The van der Waals surface area contributed by atoms with E-state index in [-0.39, 0.29) is 0 Å². The standard InChI is InChI=1S/C11H19N/c1-3-6-11(12-4-2)9-10-7-5-8-10/h1,10-12H,4-9H2,2H3. The average molecular weight is 165 g/mol. The molecule has 0 aromatic carbocycles. The number of hydrogen-bond donors (Lipinski definition) is 1. The molecule has 12 heavy (non-hydrogen) atoms. The van der Waals surface area contributed by atoms with Crippen molar-refractivity contribution in [1.82, 2.24) is 5.32 Å². The van der Waals surface area contributed by atoms with Crippen LogP contribution in [0.15, 0.2) is 0 Å². The topological polar surface area (TPSA) is 12.0 Å². The summed E-state index contributed by atoms with van der Waals surface area (Å²) in [5.41, 5.74) is 0. The molecule has 0 radical (unpaired) electrons. The minimum Gasteiger partial charge on any atom is -0.313 e. The molecule has 1 N–H and O–H groups in total. The highest BCUT2D eigenvalue weighted by Gasteiger charge is 2.20. The van der Waals surface area contributed by atoms with Gasteiger partial charge in [-0.05, 0) is 18.9 Å². The van der Waals surface area contributed by atoms with Crippen LogP contribution in [0.3, 0.4) is 0 Å². The first-order valence-corrected chi connectivity index (χ1v) is 5.03. The fourth-order valence-electron chi connectivity index (χ4n) is 1.80. The maximum Gasteiger partial charge on any atom is 0.0240 e. The molecule has 0 bridgehead atoms. The minimum absolute atomic E-state index is 0.574. The molecular weight excluding hydrogens is 146 g/mol. The van der Waals surface area contributed by atoms with Gasteiger partial charge in [-0.3, -0.25) is 0 Å². The van der Waals surface area contributed by atoms with Gasteiger partial charge in [0.2, 0.25) is 0 Å². The normalized spacial score (nSPS) is 19.7. The molecule has 0 amide bonds. The maximum absolute atomic E-state index is 5.30. The van der Waals surface area contributed by atoms with Crippen molar-refractivity contribution in [2.45, 2.75) is 45.1 Å². The van der Waals surface area contributed by atoms with Gasteiger partial charge in [-0.25, -0.2) is 0 Å². The quantitative estimate of drug-likeness (QED) is 0.616. The van der Waals surface area contributed by atoms with Crippen molar-refractivity contribution >= 4 is 0 Å². The Bertz CT molecular complexity index is 153. The summed E-state index contributed by atoms with van der Waals surface area (Å²) >= 11 is 0. The summed E-state index contributed by atoms with van der Waals surface area (Å²) in [7, 11) is 0. The Balaban J connectivity index is 2.17. The summed E-state index contributed by atoms with van der Waals surface area (Å²) in [6.45, 7) is 3.18. The number of hydrogen-bond acceptors (Lipinski definition) is 1. The third kappa shape index (κ3) is 2.87. The molecule has 1 nitrogen and oxygen atoms in total. The van der Waals surface area contributed by atoms with Crippen molar-refractivity contribution in [3.63, 3.8) is 0 Å². The Morgan fingerprint density at radius 1 is 1.58 bits per heavy atom. The van der Waals surface area contributed by atoms with E-state index in [2.05, 4.69) is 18.2 Å². The van der Waals surface area contributed by atoms with Crippen LogP contribution in [0.4, 0.5) is 0 Å². The van der Waals surface area contributed by atoms with Gasteiger partial charge in [0.1, 0.15) is 0 Å². The van der Waals surface area contributed by atoms with Crippen LogP contribution < -0.4 is 5.32 Å². The monoisotopic (exact) mass is 165 g/mol. The van der Waals surface area contributed by atoms with Crippen LogP contribution in [0.25, 0.3) is 0 Å². The van der Waals surface area contributed by atoms with Crippen LogP contribution in [-0.4, -0.2) is 12.6 Å². The molecule has 68 valence electrons. The van der Waals surface area contributed by atoms with E-state index in [4.69, 9.17) is 6.42 Å². The summed E-state index contributed by atoms with van der Waals surface area (Å²) in [6, 6.07) is 0.574. The van der Waals surface area contributed by atoms with Gasteiger partial charge in [-0.2, -0.15) is 0 Å². The van der Waals surface area contributed by atoms with Crippen LogP contribution >= 0.6 is 0 Å². The van der Waals surface area contributed by atoms with E-state index in [1.165, 1.54) is 25.7 Å². The molecule has 0 heterocycles. The zero-order chi connectivity index (χ0) is 8.81. The lowest BCUT2D eigenvalue weighted by Crippen LogP contribution is -2.32. The molecule has 1 atom stereocenters. The lowest BCUT2D eigenvalue weighted by Gasteiger charge is -2.29. The fourth-order valence-corrected chi connectivity index (χ4v) is 1.80. The Labute approximate surface area is 75.9 Å². The highest BCUT2D eigenvalue weighted by molar-refractivity contribution is 4.91. The van der Waals surface area contributed by atoms with E-state index in [1.807, 2.05) is 0 Å². The Kier molecular flexibility index (Phi) is 4.18. The molecule has 0 aromatic rings. The molecule has 1 saturated carbocycles. The van der Waals surface area contributed by atoms with Crippen molar-refractivity contribution in [2.75, 3.05) is 6.54 Å². The lowest BCUT2D eigenvalue weighted by atomic mass is 9.80. The smallest absolute Gasteiger partial charge is 0.0240 e. The van der Waals surface area contributed by atoms with E-state index in [9.17, 15) is 0 Å². The third-order valence-electron chi connectivity index (χ3n) is 2.70. The predicted octanol–water partition coefficient (Wildman–Crippen LogP) is 2.18. The van der Waals surface area contributed by atoms with E-state index < -0.39 is 0 Å². The van der Waals surface area contributed by atoms with Gasteiger partial charge in [0, 0.05) is 12.5 Å². The van der Waals surface area contributed by atoms with E-state index >= 15 is 0 Å². The molecule has 1 rings (SSSR count). The van der Waals surface area contributed by atoms with Gasteiger partial charge >= 0.3 is 0 Å². The van der Waals surface area contributed by atoms with Gasteiger partial charge in [-0.1, -0.05) is 26.2 Å². The van der Waals surface area contributed by atoms with Crippen molar-refractivity contribution in [3.05, 3.63) is 0 Å². The van der Waals surface area contributed by atoms with Gasteiger partial charge in [0.05, 0.1) is 0 Å². The first-order chi connectivity index (χ1) is 5.86. The number of terminal acetylenes is 1. The lowest BCUT2D eigenvalue weighted by molar-refractivity contribution is 0.262.